The second kappa shape index (κ2) is 6.49. The standard InChI is InChI=1S/C24H17NSe/c1-2-8-19(9-3-1)26-20-16-14-18(15-17-20)25-23-12-6-4-10-21(23)22-11-5-7-13-24(22)25/h1-17H. The average Bonchev–Trinajstić information content (AvgIpc) is 3.04. The van der Waals surface area contributed by atoms with Crippen LogP contribution in [0, 0.1) is 0 Å². The van der Waals surface area contributed by atoms with Crippen LogP contribution >= 0.6 is 0 Å². The van der Waals surface area contributed by atoms with Gasteiger partial charge >= 0.3 is 159 Å². The second-order valence-corrected chi connectivity index (χ2v) is 8.69. The van der Waals surface area contributed by atoms with Crippen molar-refractivity contribution in [3.63, 3.8) is 0 Å². The fourth-order valence-corrected chi connectivity index (χ4v) is 5.25. The van der Waals surface area contributed by atoms with Crippen LogP contribution in [-0.2, 0) is 0 Å². The summed E-state index contributed by atoms with van der Waals surface area (Å²) >= 11 is 0.348. The van der Waals surface area contributed by atoms with E-state index in [1.165, 1.54) is 36.4 Å². The molecule has 0 saturated carbocycles. The quantitative estimate of drug-likeness (QED) is 0.396. The fourth-order valence-electron chi connectivity index (χ4n) is 3.49. The normalized spacial score (nSPS) is 11.2. The van der Waals surface area contributed by atoms with Crippen molar-refractivity contribution in [2.75, 3.05) is 0 Å². The third-order valence-corrected chi connectivity index (χ3v) is 6.78. The Morgan fingerprint density at radius 1 is 0.462 bits per heavy atom. The molecule has 0 N–H and O–H groups in total. The monoisotopic (exact) mass is 399 g/mol. The van der Waals surface area contributed by atoms with Gasteiger partial charge in [-0.25, -0.2) is 0 Å². The number of aromatic nitrogens is 1. The summed E-state index contributed by atoms with van der Waals surface area (Å²) in [5.41, 5.74) is 3.74. The van der Waals surface area contributed by atoms with Crippen LogP contribution in [0.2, 0.25) is 0 Å². The molecule has 0 amide bonds. The Labute approximate surface area is 159 Å². The van der Waals surface area contributed by atoms with Crippen molar-refractivity contribution in [2.45, 2.75) is 0 Å². The van der Waals surface area contributed by atoms with Gasteiger partial charge in [0.1, 0.15) is 0 Å². The van der Waals surface area contributed by atoms with Crippen molar-refractivity contribution in [1.29, 1.82) is 0 Å². The molecule has 1 nitrogen and oxygen atoms in total. The number of rotatable bonds is 3. The Hall–Kier alpha value is -2.80. The fraction of sp³-hybridized carbons (Fsp3) is 0. The molecule has 2 heteroatoms. The van der Waals surface area contributed by atoms with Crippen molar-refractivity contribution < 1.29 is 0 Å². The predicted octanol–water partition coefficient (Wildman–Crippen LogP) is 4.44. The van der Waals surface area contributed by atoms with Crippen molar-refractivity contribution >= 4 is 45.7 Å². The molecule has 0 bridgehead atoms. The van der Waals surface area contributed by atoms with E-state index in [1.807, 2.05) is 0 Å². The maximum atomic E-state index is 2.37. The number of fused-ring (bicyclic) bond motifs is 3. The van der Waals surface area contributed by atoms with Crippen molar-refractivity contribution in [2.24, 2.45) is 0 Å². The number of nitrogens with zero attached hydrogens (tertiary/aromatic N) is 1. The number of benzene rings is 4. The minimum atomic E-state index is 0.348. The Bertz CT molecular complexity index is 1130. The van der Waals surface area contributed by atoms with Gasteiger partial charge in [-0.05, 0) is 0 Å². The van der Waals surface area contributed by atoms with Crippen LogP contribution in [0.3, 0.4) is 0 Å². The van der Waals surface area contributed by atoms with Gasteiger partial charge in [0.15, 0.2) is 0 Å². The Balaban J connectivity index is 1.61. The molecule has 0 saturated heterocycles. The van der Waals surface area contributed by atoms with E-state index in [9.17, 15) is 0 Å². The predicted molar refractivity (Wildman–Crippen MR) is 112 cm³/mol. The molecule has 0 aliphatic carbocycles. The molecule has 0 atom stereocenters. The van der Waals surface area contributed by atoms with Crippen LogP contribution in [0.25, 0.3) is 27.5 Å². The van der Waals surface area contributed by atoms with Gasteiger partial charge in [0, 0.05) is 0 Å². The van der Waals surface area contributed by atoms with Crippen LogP contribution in [0.15, 0.2) is 103 Å². The minimum absolute atomic E-state index is 0.348. The molecule has 5 rings (SSSR count). The molecule has 26 heavy (non-hydrogen) atoms. The molecule has 1 heterocycles. The van der Waals surface area contributed by atoms with Crippen LogP contribution in [0.5, 0.6) is 0 Å². The summed E-state index contributed by atoms with van der Waals surface area (Å²) in [5, 5.41) is 2.61. The zero-order chi connectivity index (χ0) is 17.3. The molecule has 0 radical (unpaired) electrons. The van der Waals surface area contributed by atoms with E-state index in [4.69, 9.17) is 0 Å². The van der Waals surface area contributed by atoms with Crippen LogP contribution < -0.4 is 8.92 Å². The van der Waals surface area contributed by atoms with Crippen molar-refractivity contribution in [3.05, 3.63) is 103 Å². The van der Waals surface area contributed by atoms with E-state index in [1.54, 1.807) is 0 Å². The third kappa shape index (κ3) is 2.64. The summed E-state index contributed by atoms with van der Waals surface area (Å²) in [6.07, 6.45) is 0. The van der Waals surface area contributed by atoms with E-state index < -0.39 is 0 Å². The molecule has 0 aliphatic heterocycles. The molecular formula is C24H17NSe. The first-order valence-electron chi connectivity index (χ1n) is 8.72. The average molecular weight is 398 g/mol. The van der Waals surface area contributed by atoms with Crippen molar-refractivity contribution in [1.82, 2.24) is 4.57 Å². The van der Waals surface area contributed by atoms with E-state index in [-0.39, 0.29) is 0 Å². The second-order valence-electron chi connectivity index (χ2n) is 6.28. The summed E-state index contributed by atoms with van der Waals surface area (Å²) in [7, 11) is 0. The Morgan fingerprint density at radius 3 is 1.58 bits per heavy atom. The Morgan fingerprint density at radius 2 is 0.962 bits per heavy atom. The molecule has 0 fully saturated rings. The summed E-state index contributed by atoms with van der Waals surface area (Å²) < 4.78 is 5.17. The molecule has 4 aromatic carbocycles. The first kappa shape index (κ1) is 15.5. The van der Waals surface area contributed by atoms with Crippen LogP contribution in [0.1, 0.15) is 0 Å². The van der Waals surface area contributed by atoms with Gasteiger partial charge in [-0.2, -0.15) is 0 Å². The van der Waals surface area contributed by atoms with Gasteiger partial charge in [0.2, 0.25) is 0 Å². The van der Waals surface area contributed by atoms with Crippen LogP contribution in [0.4, 0.5) is 0 Å². The molecule has 0 unspecified atom stereocenters. The van der Waals surface area contributed by atoms with Gasteiger partial charge in [-0.15, -0.1) is 0 Å². The Kier molecular flexibility index (Phi) is 3.86. The summed E-state index contributed by atoms with van der Waals surface area (Å²) in [6.45, 7) is 0. The van der Waals surface area contributed by atoms with E-state index in [0.717, 1.165) is 0 Å². The van der Waals surface area contributed by atoms with Gasteiger partial charge < -0.3 is 0 Å². The van der Waals surface area contributed by atoms with E-state index in [2.05, 4.69) is 108 Å². The zero-order valence-corrected chi connectivity index (χ0v) is 15.9. The first-order valence-corrected chi connectivity index (χ1v) is 10.4. The number of hydrogen-bond donors (Lipinski definition) is 0. The first-order chi connectivity index (χ1) is 12.9. The van der Waals surface area contributed by atoms with Crippen molar-refractivity contribution in [3.8, 4) is 5.69 Å². The molecule has 5 aromatic rings. The summed E-state index contributed by atoms with van der Waals surface area (Å²) in [6, 6.07) is 37.1. The van der Waals surface area contributed by atoms with Gasteiger partial charge in [0.25, 0.3) is 0 Å². The van der Waals surface area contributed by atoms with Gasteiger partial charge in [-0.3, -0.25) is 0 Å². The summed E-state index contributed by atoms with van der Waals surface area (Å²) in [5.74, 6) is 0. The van der Waals surface area contributed by atoms with Gasteiger partial charge in [-0.1, -0.05) is 0 Å². The van der Waals surface area contributed by atoms with E-state index >= 15 is 0 Å². The molecular weight excluding hydrogens is 381 g/mol. The van der Waals surface area contributed by atoms with Crippen LogP contribution in [-0.4, -0.2) is 19.5 Å². The molecule has 0 spiro atoms. The maximum absolute atomic E-state index is 2.37. The zero-order valence-electron chi connectivity index (χ0n) is 14.2. The number of para-hydroxylation sites is 2. The SMILES string of the molecule is c1ccc([Se]c2ccc(-n3c4ccccc4c4ccccc43)cc2)cc1. The molecule has 0 aliphatic rings. The summed E-state index contributed by atoms with van der Waals surface area (Å²) in [4.78, 5) is 0. The van der Waals surface area contributed by atoms with E-state index in [0.29, 0.717) is 15.0 Å². The topological polar surface area (TPSA) is 4.93 Å². The molecule has 124 valence electrons. The van der Waals surface area contributed by atoms with Gasteiger partial charge in [0.05, 0.1) is 0 Å². The molecule has 1 aromatic heterocycles. The third-order valence-electron chi connectivity index (χ3n) is 4.65. The number of hydrogen-bond acceptors (Lipinski definition) is 0.